The molecule has 0 radical (unpaired) electrons. The first-order valence-corrected chi connectivity index (χ1v) is 5.09. The van der Waals surface area contributed by atoms with Crippen molar-refractivity contribution < 1.29 is 9.63 Å². The van der Waals surface area contributed by atoms with Crippen molar-refractivity contribution in [1.82, 2.24) is 15.1 Å². The van der Waals surface area contributed by atoms with E-state index in [4.69, 9.17) is 9.63 Å². The largest absolute Gasteiger partial charge is 0.393 e. The van der Waals surface area contributed by atoms with Crippen molar-refractivity contribution in [3.05, 3.63) is 16.8 Å². The van der Waals surface area contributed by atoms with Gasteiger partial charge in [0.1, 0.15) is 5.69 Å². The summed E-state index contributed by atoms with van der Waals surface area (Å²) in [4.78, 5) is 8.15. The molecule has 5 nitrogen and oxygen atoms in total. The first kappa shape index (κ1) is 9.29. The van der Waals surface area contributed by atoms with Crippen LogP contribution in [0.5, 0.6) is 0 Å². The number of hydrogen-bond acceptors (Lipinski definition) is 6. The van der Waals surface area contributed by atoms with Crippen molar-refractivity contribution in [1.29, 1.82) is 0 Å². The quantitative estimate of drug-likeness (QED) is 0.823. The summed E-state index contributed by atoms with van der Waals surface area (Å²) >= 11 is 1.48. The average Bonchev–Trinajstić information content (AvgIpc) is 2.69. The first-order valence-electron chi connectivity index (χ1n) is 4.15. The van der Waals surface area contributed by atoms with Crippen molar-refractivity contribution in [3.8, 4) is 11.5 Å². The lowest BCUT2D eigenvalue weighted by Gasteiger charge is -1.95. The van der Waals surface area contributed by atoms with E-state index in [1.165, 1.54) is 11.3 Å². The van der Waals surface area contributed by atoms with Crippen molar-refractivity contribution in [2.24, 2.45) is 0 Å². The van der Waals surface area contributed by atoms with Gasteiger partial charge in [-0.1, -0.05) is 5.16 Å². The fourth-order valence-corrected chi connectivity index (χ4v) is 1.55. The molecule has 0 saturated carbocycles. The summed E-state index contributed by atoms with van der Waals surface area (Å²) in [5, 5.41) is 14.7. The van der Waals surface area contributed by atoms with Crippen molar-refractivity contribution in [2.75, 3.05) is 0 Å². The molecule has 0 amide bonds. The predicted molar refractivity (Wildman–Crippen MR) is 50.8 cm³/mol. The van der Waals surface area contributed by atoms with Crippen LogP contribution < -0.4 is 0 Å². The molecule has 2 aromatic rings. The van der Waals surface area contributed by atoms with Crippen molar-refractivity contribution in [2.45, 2.75) is 19.4 Å². The van der Waals surface area contributed by atoms with Crippen LogP contribution in [0.1, 0.15) is 12.8 Å². The minimum atomic E-state index is -0.473. The summed E-state index contributed by atoms with van der Waals surface area (Å²) in [6, 6.07) is 0. The van der Waals surface area contributed by atoms with Gasteiger partial charge in [-0.2, -0.15) is 4.98 Å². The molecule has 2 rings (SSSR count). The Morgan fingerprint density at radius 2 is 2.50 bits per heavy atom. The molecule has 0 fully saturated rings. The first-order chi connectivity index (χ1) is 6.75. The lowest BCUT2D eigenvalue weighted by Crippen LogP contribution is -2.04. The van der Waals surface area contributed by atoms with Gasteiger partial charge in [-0.25, -0.2) is 4.98 Å². The van der Waals surface area contributed by atoms with Gasteiger partial charge in [0.15, 0.2) is 0 Å². The minimum Gasteiger partial charge on any atom is -0.393 e. The second-order valence-electron chi connectivity index (χ2n) is 2.94. The third-order valence-electron chi connectivity index (χ3n) is 1.60. The third-order valence-corrected chi connectivity index (χ3v) is 2.19. The fraction of sp³-hybridized carbons (Fsp3) is 0.375. The minimum absolute atomic E-state index is 0.372. The molecule has 1 unspecified atom stereocenters. The van der Waals surface area contributed by atoms with Crippen LogP contribution in [0.25, 0.3) is 11.5 Å². The molecule has 0 aliphatic rings. The zero-order valence-electron chi connectivity index (χ0n) is 7.54. The lowest BCUT2D eigenvalue weighted by molar-refractivity contribution is 0.181. The van der Waals surface area contributed by atoms with Crippen LogP contribution in [0.15, 0.2) is 15.4 Å². The molecule has 0 aromatic carbocycles. The van der Waals surface area contributed by atoms with Crippen molar-refractivity contribution in [3.63, 3.8) is 0 Å². The Morgan fingerprint density at radius 3 is 3.14 bits per heavy atom. The predicted octanol–water partition coefficient (Wildman–Crippen LogP) is 1.12. The number of rotatable bonds is 3. The van der Waals surface area contributed by atoms with E-state index in [-0.39, 0.29) is 0 Å². The smallest absolute Gasteiger partial charge is 0.229 e. The number of nitrogens with zero attached hydrogens (tertiary/aromatic N) is 3. The van der Waals surface area contributed by atoms with E-state index in [1.54, 1.807) is 12.4 Å². The van der Waals surface area contributed by atoms with E-state index in [9.17, 15) is 0 Å². The summed E-state index contributed by atoms with van der Waals surface area (Å²) in [5.41, 5.74) is 2.41. The maximum atomic E-state index is 9.10. The van der Waals surface area contributed by atoms with E-state index in [0.717, 1.165) is 0 Å². The van der Waals surface area contributed by atoms with Crippen LogP contribution in [0.2, 0.25) is 0 Å². The second-order valence-corrected chi connectivity index (χ2v) is 3.66. The van der Waals surface area contributed by atoms with E-state index >= 15 is 0 Å². The van der Waals surface area contributed by atoms with Gasteiger partial charge in [-0.3, -0.25) is 0 Å². The molecular formula is C8H9N3O2S. The summed E-state index contributed by atoms with van der Waals surface area (Å²) in [6.07, 6.45) is -0.101. The van der Waals surface area contributed by atoms with Gasteiger partial charge in [-0.05, 0) is 6.92 Å². The van der Waals surface area contributed by atoms with Gasteiger partial charge in [0, 0.05) is 5.38 Å². The average molecular weight is 211 g/mol. The van der Waals surface area contributed by atoms with Crippen molar-refractivity contribution >= 4 is 11.3 Å². The number of aromatic nitrogens is 3. The molecule has 74 valence electrons. The Hall–Kier alpha value is -1.27. The number of hydrogen-bond donors (Lipinski definition) is 1. The van der Waals surface area contributed by atoms with Gasteiger partial charge in [-0.15, -0.1) is 11.3 Å². The number of aliphatic hydroxyl groups is 1. The third kappa shape index (κ3) is 1.97. The van der Waals surface area contributed by atoms with Gasteiger partial charge in [0.25, 0.3) is 0 Å². The molecule has 1 atom stereocenters. The zero-order chi connectivity index (χ0) is 9.97. The molecular weight excluding hydrogens is 202 g/mol. The van der Waals surface area contributed by atoms with Crippen LogP contribution in [0.4, 0.5) is 0 Å². The normalized spacial score (nSPS) is 13.0. The van der Waals surface area contributed by atoms with E-state index < -0.39 is 6.10 Å². The van der Waals surface area contributed by atoms with Gasteiger partial charge in [0.05, 0.1) is 18.0 Å². The summed E-state index contributed by atoms with van der Waals surface area (Å²) in [5.74, 6) is 0.907. The summed E-state index contributed by atoms with van der Waals surface area (Å²) < 4.78 is 4.94. The van der Waals surface area contributed by atoms with Gasteiger partial charge in [0.2, 0.25) is 11.7 Å². The SMILES string of the molecule is CC(O)Cc1nc(-c2cscn2)no1. The van der Waals surface area contributed by atoms with Crippen LogP contribution in [0, 0.1) is 0 Å². The topological polar surface area (TPSA) is 72.0 Å². The zero-order valence-corrected chi connectivity index (χ0v) is 8.36. The second kappa shape index (κ2) is 3.85. The standard InChI is InChI=1S/C8H9N3O2S/c1-5(12)2-7-10-8(11-13-7)6-3-14-4-9-6/h3-5,12H,2H2,1H3. The van der Waals surface area contributed by atoms with Gasteiger partial charge < -0.3 is 9.63 Å². The molecule has 0 spiro atoms. The van der Waals surface area contributed by atoms with Crippen LogP contribution in [0.3, 0.4) is 0 Å². The van der Waals surface area contributed by atoms with Crippen LogP contribution in [-0.2, 0) is 6.42 Å². The van der Waals surface area contributed by atoms with E-state index in [1.807, 2.05) is 5.38 Å². The van der Waals surface area contributed by atoms with Crippen LogP contribution >= 0.6 is 11.3 Å². The van der Waals surface area contributed by atoms with Gasteiger partial charge >= 0.3 is 0 Å². The maximum Gasteiger partial charge on any atom is 0.229 e. The maximum absolute atomic E-state index is 9.10. The van der Waals surface area contributed by atoms with E-state index in [0.29, 0.717) is 23.8 Å². The Kier molecular flexibility index (Phi) is 2.55. The molecule has 0 bridgehead atoms. The highest BCUT2D eigenvalue weighted by atomic mass is 32.1. The molecule has 6 heteroatoms. The highest BCUT2D eigenvalue weighted by Gasteiger charge is 2.11. The molecule has 0 aliphatic carbocycles. The Labute approximate surface area is 84.4 Å². The monoisotopic (exact) mass is 211 g/mol. The molecule has 2 aromatic heterocycles. The molecule has 0 saturated heterocycles. The Balaban J connectivity index is 2.18. The summed E-state index contributed by atoms with van der Waals surface area (Å²) in [6.45, 7) is 1.67. The summed E-state index contributed by atoms with van der Waals surface area (Å²) in [7, 11) is 0. The highest BCUT2D eigenvalue weighted by molar-refractivity contribution is 7.07. The molecule has 1 N–H and O–H groups in total. The lowest BCUT2D eigenvalue weighted by atomic mass is 10.3. The fourth-order valence-electron chi connectivity index (χ4n) is 1.02. The Bertz CT molecular complexity index is 396. The Morgan fingerprint density at radius 1 is 1.64 bits per heavy atom. The number of thiazole rings is 1. The van der Waals surface area contributed by atoms with Crippen LogP contribution in [-0.4, -0.2) is 26.3 Å². The highest BCUT2D eigenvalue weighted by Crippen LogP contribution is 2.15. The number of aliphatic hydroxyl groups excluding tert-OH is 1. The molecule has 14 heavy (non-hydrogen) atoms. The van der Waals surface area contributed by atoms with E-state index in [2.05, 4.69) is 15.1 Å². The molecule has 2 heterocycles. The molecule has 0 aliphatic heterocycles.